The van der Waals surface area contributed by atoms with Crippen LogP contribution in [0, 0.1) is 6.92 Å². The van der Waals surface area contributed by atoms with Crippen LogP contribution in [0.25, 0.3) is 5.76 Å². The van der Waals surface area contributed by atoms with E-state index in [1.165, 1.54) is 11.3 Å². The first kappa shape index (κ1) is 24.7. The predicted octanol–water partition coefficient (Wildman–Crippen LogP) is 5.99. The van der Waals surface area contributed by atoms with Gasteiger partial charge >= 0.3 is 0 Å². The summed E-state index contributed by atoms with van der Waals surface area (Å²) in [5, 5.41) is 11.4. The third kappa shape index (κ3) is 4.86. The SMILES string of the molecule is Cc1ccc(C2/C(=C(/O)c3cccc(OC(C)C)c3)C(=O)C(=O)N2c2ccc(N3CCCCC3)cc2)o1. The van der Waals surface area contributed by atoms with Crippen LogP contribution in [0.2, 0.25) is 0 Å². The number of ketones is 1. The Hall–Kier alpha value is -4.00. The number of carbonyl (C=O) groups is 2. The summed E-state index contributed by atoms with van der Waals surface area (Å²) in [7, 11) is 0. The van der Waals surface area contributed by atoms with Crippen molar-refractivity contribution in [1.82, 2.24) is 0 Å². The number of amides is 1. The van der Waals surface area contributed by atoms with Crippen LogP contribution in [-0.4, -0.2) is 36.0 Å². The van der Waals surface area contributed by atoms with E-state index in [1.54, 1.807) is 43.3 Å². The molecule has 2 aliphatic heterocycles. The highest BCUT2D eigenvalue weighted by molar-refractivity contribution is 6.51. The Balaban J connectivity index is 1.57. The number of nitrogens with zero attached hydrogens (tertiary/aromatic N) is 2. The van der Waals surface area contributed by atoms with Crippen molar-refractivity contribution in [2.24, 2.45) is 0 Å². The number of hydrogen-bond donors (Lipinski definition) is 1. The number of aryl methyl sites for hydroxylation is 1. The number of aliphatic hydroxyl groups is 1. The van der Waals surface area contributed by atoms with Crippen molar-refractivity contribution in [3.63, 3.8) is 0 Å². The molecule has 3 heterocycles. The summed E-state index contributed by atoms with van der Waals surface area (Å²) in [4.78, 5) is 30.5. The van der Waals surface area contributed by atoms with Gasteiger partial charge < -0.3 is 19.2 Å². The molecule has 1 amide bonds. The highest BCUT2D eigenvalue weighted by Gasteiger charge is 2.48. The third-order valence-corrected chi connectivity index (χ3v) is 6.80. The fraction of sp³-hybridized carbons (Fsp3) is 0.333. The molecule has 2 fully saturated rings. The van der Waals surface area contributed by atoms with Gasteiger partial charge in [-0.1, -0.05) is 12.1 Å². The molecule has 1 atom stereocenters. The lowest BCUT2D eigenvalue weighted by Crippen LogP contribution is -2.30. The zero-order valence-electron chi connectivity index (χ0n) is 21.4. The molecular weight excluding hydrogens is 468 g/mol. The van der Waals surface area contributed by atoms with Crippen molar-refractivity contribution >= 4 is 28.8 Å². The average molecular weight is 501 g/mol. The number of furan rings is 1. The molecule has 1 unspecified atom stereocenters. The molecule has 2 aromatic carbocycles. The normalized spacial score (nSPS) is 19.6. The van der Waals surface area contributed by atoms with Crippen molar-refractivity contribution in [3.05, 3.63) is 83.3 Å². The third-order valence-electron chi connectivity index (χ3n) is 6.80. The second kappa shape index (κ2) is 10.2. The van der Waals surface area contributed by atoms with Crippen LogP contribution < -0.4 is 14.5 Å². The Morgan fingerprint density at radius 2 is 1.68 bits per heavy atom. The van der Waals surface area contributed by atoms with Crippen molar-refractivity contribution in [2.45, 2.75) is 52.2 Å². The van der Waals surface area contributed by atoms with E-state index in [1.807, 2.05) is 38.1 Å². The molecule has 37 heavy (non-hydrogen) atoms. The summed E-state index contributed by atoms with van der Waals surface area (Å²) in [6.45, 7) is 7.64. The fourth-order valence-electron chi connectivity index (χ4n) is 5.09. The smallest absolute Gasteiger partial charge is 0.300 e. The maximum absolute atomic E-state index is 13.4. The molecule has 0 bridgehead atoms. The van der Waals surface area contributed by atoms with Gasteiger partial charge in [0.25, 0.3) is 11.7 Å². The first-order valence-corrected chi connectivity index (χ1v) is 12.8. The van der Waals surface area contributed by atoms with Crippen LogP contribution in [0.3, 0.4) is 0 Å². The Labute approximate surface area is 216 Å². The van der Waals surface area contributed by atoms with Gasteiger partial charge in [-0.3, -0.25) is 14.5 Å². The fourth-order valence-corrected chi connectivity index (χ4v) is 5.09. The number of piperidine rings is 1. The largest absolute Gasteiger partial charge is 0.507 e. The van der Waals surface area contributed by atoms with E-state index < -0.39 is 17.7 Å². The number of anilines is 2. The minimum Gasteiger partial charge on any atom is -0.507 e. The van der Waals surface area contributed by atoms with Gasteiger partial charge in [0.05, 0.1) is 11.7 Å². The molecule has 7 heteroatoms. The summed E-state index contributed by atoms with van der Waals surface area (Å²) in [6.07, 6.45) is 3.52. The average Bonchev–Trinajstić information content (AvgIpc) is 3.44. The Bertz CT molecular complexity index is 1330. The van der Waals surface area contributed by atoms with Crippen molar-refractivity contribution in [3.8, 4) is 5.75 Å². The van der Waals surface area contributed by atoms with Gasteiger partial charge in [-0.05, 0) is 88.6 Å². The van der Waals surface area contributed by atoms with Crippen LogP contribution in [0.4, 0.5) is 11.4 Å². The van der Waals surface area contributed by atoms with Gasteiger partial charge in [0.2, 0.25) is 0 Å². The minimum absolute atomic E-state index is 0.0128. The molecule has 1 N–H and O–H groups in total. The van der Waals surface area contributed by atoms with Gasteiger partial charge in [-0.2, -0.15) is 0 Å². The number of ether oxygens (including phenoxy) is 1. The monoisotopic (exact) mass is 500 g/mol. The van der Waals surface area contributed by atoms with Gasteiger partial charge in [0, 0.05) is 30.0 Å². The van der Waals surface area contributed by atoms with E-state index in [4.69, 9.17) is 9.15 Å². The lowest BCUT2D eigenvalue weighted by Gasteiger charge is -2.29. The predicted molar refractivity (Wildman–Crippen MR) is 143 cm³/mol. The van der Waals surface area contributed by atoms with E-state index >= 15 is 0 Å². The molecule has 1 aromatic heterocycles. The first-order valence-electron chi connectivity index (χ1n) is 12.8. The van der Waals surface area contributed by atoms with Crippen molar-refractivity contribution in [1.29, 1.82) is 0 Å². The van der Waals surface area contributed by atoms with Gasteiger partial charge in [-0.25, -0.2) is 0 Å². The maximum atomic E-state index is 13.4. The van der Waals surface area contributed by atoms with Crippen molar-refractivity contribution < 1.29 is 23.8 Å². The molecule has 7 nitrogen and oxygen atoms in total. The highest BCUT2D eigenvalue weighted by Crippen LogP contribution is 2.43. The minimum atomic E-state index is -0.899. The van der Waals surface area contributed by atoms with E-state index in [0.717, 1.165) is 31.6 Å². The lowest BCUT2D eigenvalue weighted by molar-refractivity contribution is -0.132. The van der Waals surface area contributed by atoms with Crippen LogP contribution >= 0.6 is 0 Å². The number of hydrogen-bond acceptors (Lipinski definition) is 6. The Morgan fingerprint density at radius 1 is 0.973 bits per heavy atom. The summed E-state index contributed by atoms with van der Waals surface area (Å²) in [5.41, 5.74) is 2.04. The summed E-state index contributed by atoms with van der Waals surface area (Å²) in [6, 6.07) is 17.2. The lowest BCUT2D eigenvalue weighted by atomic mass is 9.99. The molecule has 5 rings (SSSR count). The van der Waals surface area contributed by atoms with Crippen LogP contribution in [0.5, 0.6) is 5.75 Å². The molecule has 3 aromatic rings. The van der Waals surface area contributed by atoms with E-state index in [-0.39, 0.29) is 17.4 Å². The Morgan fingerprint density at radius 3 is 2.32 bits per heavy atom. The van der Waals surface area contributed by atoms with Crippen molar-refractivity contribution in [2.75, 3.05) is 22.9 Å². The number of aliphatic hydroxyl groups excluding tert-OH is 1. The summed E-state index contributed by atoms with van der Waals surface area (Å²) in [5.74, 6) is -0.111. The quantitative estimate of drug-likeness (QED) is 0.254. The second-order valence-corrected chi connectivity index (χ2v) is 9.88. The standard InChI is InChI=1S/C30H32N2O5/c1-19(2)36-24-9-7-8-21(18-24)28(33)26-27(25-15-10-20(3)37-25)32(30(35)29(26)34)23-13-11-22(12-14-23)31-16-5-4-6-17-31/h7-15,18-19,27,33H,4-6,16-17H2,1-3H3/b28-26-. The molecule has 192 valence electrons. The van der Waals surface area contributed by atoms with Gasteiger partial charge in [0.15, 0.2) is 0 Å². The summed E-state index contributed by atoms with van der Waals surface area (Å²) < 4.78 is 11.7. The van der Waals surface area contributed by atoms with Crippen LogP contribution in [-0.2, 0) is 9.59 Å². The molecule has 2 saturated heterocycles. The van der Waals surface area contributed by atoms with E-state index in [2.05, 4.69) is 4.90 Å². The topological polar surface area (TPSA) is 83.2 Å². The molecule has 0 spiro atoms. The first-order chi connectivity index (χ1) is 17.8. The van der Waals surface area contributed by atoms with Crippen LogP contribution in [0.15, 0.2) is 70.7 Å². The van der Waals surface area contributed by atoms with Gasteiger partial charge in [0.1, 0.15) is 29.1 Å². The van der Waals surface area contributed by atoms with E-state index in [9.17, 15) is 14.7 Å². The van der Waals surface area contributed by atoms with Gasteiger partial charge in [-0.15, -0.1) is 0 Å². The number of Topliss-reactive ketones (excluding diaryl/α,β-unsaturated/α-hetero) is 1. The molecule has 0 radical (unpaired) electrons. The zero-order valence-corrected chi connectivity index (χ0v) is 21.4. The number of carbonyl (C=O) groups excluding carboxylic acids is 2. The Kier molecular flexibility index (Phi) is 6.78. The second-order valence-electron chi connectivity index (χ2n) is 9.88. The van der Waals surface area contributed by atoms with E-state index in [0.29, 0.717) is 28.5 Å². The molecule has 0 aliphatic carbocycles. The highest BCUT2D eigenvalue weighted by atomic mass is 16.5. The number of benzene rings is 2. The number of rotatable bonds is 6. The maximum Gasteiger partial charge on any atom is 0.300 e. The summed E-state index contributed by atoms with van der Waals surface area (Å²) >= 11 is 0. The van der Waals surface area contributed by atoms with Crippen LogP contribution in [0.1, 0.15) is 56.2 Å². The zero-order chi connectivity index (χ0) is 26.1. The molecule has 0 saturated carbocycles. The molecular formula is C30H32N2O5. The molecule has 2 aliphatic rings.